The van der Waals surface area contributed by atoms with Crippen LogP contribution in [0.2, 0.25) is 0 Å². The molecule has 0 radical (unpaired) electrons. The molecule has 41 heavy (non-hydrogen) atoms. The Kier molecular flexibility index (Phi) is 8.00. The number of pyridine rings is 1. The second-order valence-electron chi connectivity index (χ2n) is 11.4. The highest BCUT2D eigenvalue weighted by atomic mass is 32.2. The lowest BCUT2D eigenvalue weighted by molar-refractivity contribution is -0.123. The van der Waals surface area contributed by atoms with Gasteiger partial charge < -0.3 is 5.32 Å². The van der Waals surface area contributed by atoms with Gasteiger partial charge in [-0.15, -0.1) is 11.8 Å². The summed E-state index contributed by atoms with van der Waals surface area (Å²) in [4.78, 5) is 32.7. The summed E-state index contributed by atoms with van der Waals surface area (Å²) in [5.41, 5.74) is 5.29. The maximum Gasteiger partial charge on any atom is 0.240 e. The molecule has 0 saturated heterocycles. The van der Waals surface area contributed by atoms with E-state index in [9.17, 15) is 9.59 Å². The lowest BCUT2D eigenvalue weighted by Gasteiger charge is -2.25. The molecule has 0 fully saturated rings. The van der Waals surface area contributed by atoms with E-state index >= 15 is 4.39 Å². The van der Waals surface area contributed by atoms with Crippen LogP contribution < -0.4 is 10.2 Å². The molecule has 1 atom stereocenters. The summed E-state index contributed by atoms with van der Waals surface area (Å²) in [5, 5.41) is 7.53. The van der Waals surface area contributed by atoms with Crippen LogP contribution in [0.3, 0.4) is 0 Å². The zero-order valence-electron chi connectivity index (χ0n) is 23.9. The van der Waals surface area contributed by atoms with Crippen molar-refractivity contribution in [1.29, 1.82) is 0 Å². The number of amides is 2. The van der Waals surface area contributed by atoms with E-state index in [1.165, 1.54) is 22.7 Å². The third-order valence-corrected chi connectivity index (χ3v) is 8.32. The van der Waals surface area contributed by atoms with Crippen molar-refractivity contribution in [3.8, 4) is 5.69 Å². The topological polar surface area (TPSA) is 80.1 Å². The van der Waals surface area contributed by atoms with Crippen LogP contribution in [0.15, 0.2) is 67.0 Å². The summed E-state index contributed by atoms with van der Waals surface area (Å²) in [6, 6.07) is 16.4. The number of nitrogens with zero attached hydrogens (tertiary/aromatic N) is 4. The number of carbonyl (C=O) groups excluding carboxylic acids is 2. The number of halogens is 1. The summed E-state index contributed by atoms with van der Waals surface area (Å²) >= 11 is 1.36. The number of hydrogen-bond donors (Lipinski definition) is 1. The number of anilines is 1. The molecule has 7 nitrogen and oxygen atoms in total. The fourth-order valence-electron chi connectivity index (χ4n) is 5.12. The van der Waals surface area contributed by atoms with Crippen molar-refractivity contribution in [3.05, 3.63) is 106 Å². The molecule has 5 rings (SSSR count). The van der Waals surface area contributed by atoms with Crippen molar-refractivity contribution in [2.24, 2.45) is 0 Å². The second-order valence-corrected chi connectivity index (χ2v) is 12.5. The Morgan fingerprint density at radius 1 is 1.12 bits per heavy atom. The highest BCUT2D eigenvalue weighted by molar-refractivity contribution is 8.00. The van der Waals surface area contributed by atoms with Crippen LogP contribution in [0.4, 0.5) is 10.2 Å². The second kappa shape index (κ2) is 11.5. The first-order valence-electron chi connectivity index (χ1n) is 13.6. The standard InChI is InChI=1S/C32H34FN5O2S/c1-20-12-13-25(21(2)15-20)38-31-28(30(36-38)32(3,4)5)29(23-10-6-7-11-24(23)33)41-19-27(40)37(31)18-26(39)35-17-22-9-8-14-34-16-22/h6-16,29H,17-19H2,1-5H3,(H,35,39). The molecule has 212 valence electrons. The van der Waals surface area contributed by atoms with E-state index in [0.717, 1.165) is 33.6 Å². The van der Waals surface area contributed by atoms with Gasteiger partial charge in [0, 0.05) is 35.5 Å². The fourth-order valence-corrected chi connectivity index (χ4v) is 6.34. The number of fused-ring (bicyclic) bond motifs is 1. The summed E-state index contributed by atoms with van der Waals surface area (Å²) in [5.74, 6) is -0.307. The van der Waals surface area contributed by atoms with Crippen LogP contribution in [0.1, 0.15) is 59.5 Å². The minimum atomic E-state index is -0.493. The van der Waals surface area contributed by atoms with Gasteiger partial charge in [-0.25, -0.2) is 9.07 Å². The summed E-state index contributed by atoms with van der Waals surface area (Å²) in [6.07, 6.45) is 3.36. The van der Waals surface area contributed by atoms with Gasteiger partial charge in [0.2, 0.25) is 11.8 Å². The molecule has 0 spiro atoms. The van der Waals surface area contributed by atoms with Gasteiger partial charge >= 0.3 is 0 Å². The molecule has 1 aliphatic heterocycles. The van der Waals surface area contributed by atoms with Crippen molar-refractivity contribution in [3.63, 3.8) is 0 Å². The van der Waals surface area contributed by atoms with Crippen LogP contribution in [-0.4, -0.2) is 38.9 Å². The Hall–Kier alpha value is -3.98. The highest BCUT2D eigenvalue weighted by Gasteiger charge is 2.40. The van der Waals surface area contributed by atoms with Gasteiger partial charge in [-0.2, -0.15) is 5.10 Å². The van der Waals surface area contributed by atoms with Gasteiger partial charge in [0.05, 0.1) is 22.4 Å². The molecule has 9 heteroatoms. The number of carbonyl (C=O) groups is 2. The van der Waals surface area contributed by atoms with E-state index in [0.29, 0.717) is 11.4 Å². The Bertz CT molecular complexity index is 1600. The third kappa shape index (κ3) is 5.91. The Balaban J connectivity index is 1.69. The quantitative estimate of drug-likeness (QED) is 0.316. The summed E-state index contributed by atoms with van der Waals surface area (Å²) < 4.78 is 17.1. The zero-order chi connectivity index (χ0) is 29.3. The first-order valence-corrected chi connectivity index (χ1v) is 14.6. The molecule has 2 amide bonds. The Morgan fingerprint density at radius 2 is 1.90 bits per heavy atom. The number of nitrogens with one attached hydrogen (secondary N) is 1. The van der Waals surface area contributed by atoms with Crippen LogP contribution >= 0.6 is 11.8 Å². The van der Waals surface area contributed by atoms with Gasteiger partial charge in [0.25, 0.3) is 0 Å². The fraction of sp³-hybridized carbons (Fsp3) is 0.312. The largest absolute Gasteiger partial charge is 0.350 e. The van der Waals surface area contributed by atoms with Gasteiger partial charge in [-0.05, 0) is 43.2 Å². The van der Waals surface area contributed by atoms with Gasteiger partial charge in [0.1, 0.15) is 18.2 Å². The molecule has 4 aromatic rings. The molecule has 1 unspecified atom stereocenters. The zero-order valence-corrected chi connectivity index (χ0v) is 24.8. The van der Waals surface area contributed by atoms with E-state index < -0.39 is 10.7 Å². The number of hydrogen-bond acceptors (Lipinski definition) is 5. The van der Waals surface area contributed by atoms with E-state index in [4.69, 9.17) is 5.10 Å². The average molecular weight is 572 g/mol. The van der Waals surface area contributed by atoms with E-state index in [2.05, 4.69) is 37.1 Å². The van der Waals surface area contributed by atoms with E-state index in [1.54, 1.807) is 35.3 Å². The van der Waals surface area contributed by atoms with E-state index in [1.807, 2.05) is 38.1 Å². The van der Waals surface area contributed by atoms with Crippen LogP contribution in [0, 0.1) is 19.7 Å². The first-order chi connectivity index (χ1) is 19.5. The Labute approximate surface area is 244 Å². The molecule has 3 heterocycles. The van der Waals surface area contributed by atoms with E-state index in [-0.39, 0.29) is 36.5 Å². The molecule has 0 aliphatic carbocycles. The number of thioether (sulfide) groups is 1. The van der Waals surface area contributed by atoms with Gasteiger partial charge in [0.15, 0.2) is 0 Å². The lowest BCUT2D eigenvalue weighted by atomic mass is 9.87. The predicted octanol–water partition coefficient (Wildman–Crippen LogP) is 5.81. The predicted molar refractivity (Wildman–Crippen MR) is 161 cm³/mol. The van der Waals surface area contributed by atoms with Crippen molar-refractivity contribution >= 4 is 29.4 Å². The minimum absolute atomic E-state index is 0.0834. The smallest absolute Gasteiger partial charge is 0.240 e. The van der Waals surface area contributed by atoms with Crippen molar-refractivity contribution in [2.45, 2.75) is 51.8 Å². The van der Waals surface area contributed by atoms with Gasteiger partial charge in [-0.3, -0.25) is 19.5 Å². The molecular weight excluding hydrogens is 537 g/mol. The summed E-state index contributed by atoms with van der Waals surface area (Å²) in [6.45, 7) is 10.3. The maximum absolute atomic E-state index is 15.3. The monoisotopic (exact) mass is 571 g/mol. The Morgan fingerprint density at radius 3 is 2.59 bits per heavy atom. The number of aromatic nitrogens is 3. The minimum Gasteiger partial charge on any atom is -0.350 e. The summed E-state index contributed by atoms with van der Waals surface area (Å²) in [7, 11) is 0. The molecule has 1 aliphatic rings. The lowest BCUT2D eigenvalue weighted by Crippen LogP contribution is -2.42. The molecule has 1 N–H and O–H groups in total. The van der Waals surface area contributed by atoms with Crippen molar-refractivity contribution in [2.75, 3.05) is 17.2 Å². The molecule has 2 aromatic carbocycles. The highest BCUT2D eigenvalue weighted by Crippen LogP contribution is 2.49. The normalized spacial score (nSPS) is 15.4. The van der Waals surface area contributed by atoms with Crippen LogP contribution in [0.5, 0.6) is 0 Å². The third-order valence-electron chi connectivity index (χ3n) is 7.08. The van der Waals surface area contributed by atoms with Crippen molar-refractivity contribution < 1.29 is 14.0 Å². The SMILES string of the molecule is Cc1ccc(-n2nc(C(C)(C)C)c3c2N(CC(=O)NCc2cccnc2)C(=O)CSC3c2ccccc2F)c(C)c1. The van der Waals surface area contributed by atoms with Crippen LogP contribution in [0.25, 0.3) is 5.69 Å². The number of aryl methyl sites for hydroxylation is 2. The number of rotatable bonds is 6. The maximum atomic E-state index is 15.3. The van der Waals surface area contributed by atoms with Crippen molar-refractivity contribution in [1.82, 2.24) is 20.1 Å². The van der Waals surface area contributed by atoms with Gasteiger partial charge in [-0.1, -0.05) is 62.7 Å². The van der Waals surface area contributed by atoms with Crippen LogP contribution in [-0.2, 0) is 21.5 Å². The molecule has 0 bridgehead atoms. The molecular formula is C32H34FN5O2S. The molecule has 2 aromatic heterocycles. The number of benzene rings is 2. The average Bonchev–Trinajstić information content (AvgIpc) is 3.26. The molecule has 0 saturated carbocycles. The first kappa shape index (κ1) is 28.5.